The summed E-state index contributed by atoms with van der Waals surface area (Å²) in [6.45, 7) is 0.401. The molecule has 1 aromatic heterocycles. The second-order valence-electron chi connectivity index (χ2n) is 3.44. The first kappa shape index (κ1) is 11.3. The molecule has 0 radical (unpaired) electrons. The zero-order valence-corrected chi connectivity index (χ0v) is 9.21. The fourth-order valence-corrected chi connectivity index (χ4v) is 1.37. The fraction of sp³-hybridized carbons (Fsp3) is 0.0714. The minimum atomic E-state index is -0.533. The summed E-state index contributed by atoms with van der Waals surface area (Å²) in [4.78, 5) is 3.45. The van der Waals surface area contributed by atoms with Crippen LogP contribution in [0, 0.1) is 5.95 Å². The summed E-state index contributed by atoms with van der Waals surface area (Å²) < 4.78 is 18.1. The van der Waals surface area contributed by atoms with E-state index in [1.165, 1.54) is 12.3 Å². The van der Waals surface area contributed by atoms with E-state index in [9.17, 15) is 4.39 Å². The zero-order chi connectivity index (χ0) is 11.9. The molecule has 0 aliphatic carbocycles. The average molecular weight is 229 g/mol. The summed E-state index contributed by atoms with van der Waals surface area (Å²) in [6, 6.07) is 12.8. The predicted octanol–water partition coefficient (Wildman–Crippen LogP) is 3.31. The molecule has 3 heteroatoms. The molecule has 86 valence electrons. The van der Waals surface area contributed by atoms with Gasteiger partial charge in [-0.05, 0) is 17.7 Å². The van der Waals surface area contributed by atoms with Crippen LogP contribution >= 0.6 is 0 Å². The van der Waals surface area contributed by atoms with Gasteiger partial charge in [0.15, 0.2) is 0 Å². The molecular weight excluding hydrogens is 217 g/mol. The Morgan fingerprint density at radius 1 is 1.18 bits per heavy atom. The van der Waals surface area contributed by atoms with E-state index in [2.05, 4.69) is 4.98 Å². The van der Waals surface area contributed by atoms with Crippen molar-refractivity contribution in [1.29, 1.82) is 0 Å². The smallest absolute Gasteiger partial charge is 0.216 e. The number of benzene rings is 1. The summed E-state index contributed by atoms with van der Waals surface area (Å²) in [5.74, 6) is -0.0512. The second kappa shape index (κ2) is 5.80. The molecule has 0 amide bonds. The standard InChI is InChI=1S/C14H12FNO/c15-14-11-13(8-9-16-14)17-10-4-7-12-5-2-1-3-6-12/h1-9,11H,10H2/b7-4+. The highest BCUT2D eigenvalue weighted by Crippen LogP contribution is 2.09. The Labute approximate surface area is 99.4 Å². The van der Waals surface area contributed by atoms with Gasteiger partial charge in [0.2, 0.25) is 5.95 Å². The van der Waals surface area contributed by atoms with Crippen LogP contribution in [-0.4, -0.2) is 11.6 Å². The van der Waals surface area contributed by atoms with Gasteiger partial charge in [0.25, 0.3) is 0 Å². The number of aromatic nitrogens is 1. The van der Waals surface area contributed by atoms with Gasteiger partial charge in [0.1, 0.15) is 12.4 Å². The van der Waals surface area contributed by atoms with Crippen molar-refractivity contribution in [3.63, 3.8) is 0 Å². The van der Waals surface area contributed by atoms with Crippen molar-refractivity contribution in [2.45, 2.75) is 0 Å². The molecule has 0 saturated heterocycles. The number of rotatable bonds is 4. The van der Waals surface area contributed by atoms with Crippen LogP contribution in [0.5, 0.6) is 5.75 Å². The van der Waals surface area contributed by atoms with Crippen molar-refractivity contribution in [3.8, 4) is 5.75 Å². The molecule has 0 N–H and O–H groups in total. The molecule has 0 aliphatic rings. The summed E-state index contributed by atoms with van der Waals surface area (Å²) in [5.41, 5.74) is 1.11. The molecule has 1 heterocycles. The van der Waals surface area contributed by atoms with Gasteiger partial charge in [-0.1, -0.05) is 36.4 Å². The summed E-state index contributed by atoms with van der Waals surface area (Å²) in [6.07, 6.45) is 5.22. The summed E-state index contributed by atoms with van der Waals surface area (Å²) >= 11 is 0. The van der Waals surface area contributed by atoms with E-state index in [-0.39, 0.29) is 0 Å². The number of pyridine rings is 1. The minimum Gasteiger partial charge on any atom is -0.489 e. The van der Waals surface area contributed by atoms with Gasteiger partial charge in [-0.15, -0.1) is 0 Å². The van der Waals surface area contributed by atoms with Crippen LogP contribution in [0.25, 0.3) is 6.08 Å². The fourth-order valence-electron chi connectivity index (χ4n) is 1.37. The third-order valence-corrected chi connectivity index (χ3v) is 2.15. The van der Waals surface area contributed by atoms with E-state index in [0.29, 0.717) is 12.4 Å². The molecular formula is C14H12FNO. The summed E-state index contributed by atoms with van der Waals surface area (Å²) in [5, 5.41) is 0. The Morgan fingerprint density at radius 2 is 2.00 bits per heavy atom. The highest BCUT2D eigenvalue weighted by Gasteiger charge is 1.94. The van der Waals surface area contributed by atoms with Crippen molar-refractivity contribution in [1.82, 2.24) is 4.98 Å². The Hall–Kier alpha value is -2.16. The van der Waals surface area contributed by atoms with E-state index >= 15 is 0 Å². The molecule has 2 rings (SSSR count). The van der Waals surface area contributed by atoms with Gasteiger partial charge in [-0.2, -0.15) is 4.39 Å². The quantitative estimate of drug-likeness (QED) is 0.750. The first-order chi connectivity index (χ1) is 8.34. The molecule has 0 bridgehead atoms. The van der Waals surface area contributed by atoms with Crippen molar-refractivity contribution < 1.29 is 9.13 Å². The minimum absolute atomic E-state index is 0.401. The van der Waals surface area contributed by atoms with Crippen LogP contribution in [0.2, 0.25) is 0 Å². The van der Waals surface area contributed by atoms with E-state index in [1.54, 1.807) is 6.07 Å². The SMILES string of the molecule is Fc1cc(OC/C=C/c2ccccc2)ccn1. The molecule has 0 fully saturated rings. The number of hydrogen-bond acceptors (Lipinski definition) is 2. The van der Waals surface area contributed by atoms with E-state index in [0.717, 1.165) is 5.56 Å². The molecule has 1 aromatic carbocycles. The lowest BCUT2D eigenvalue weighted by molar-refractivity contribution is 0.360. The normalized spacial score (nSPS) is 10.6. The second-order valence-corrected chi connectivity index (χ2v) is 3.44. The maximum absolute atomic E-state index is 12.7. The number of nitrogens with zero attached hydrogens (tertiary/aromatic N) is 1. The Kier molecular flexibility index (Phi) is 3.86. The molecule has 0 unspecified atom stereocenters. The predicted molar refractivity (Wildman–Crippen MR) is 65.2 cm³/mol. The molecule has 0 spiro atoms. The molecule has 0 saturated carbocycles. The lowest BCUT2D eigenvalue weighted by atomic mass is 10.2. The van der Waals surface area contributed by atoms with E-state index in [4.69, 9.17) is 4.74 Å². The third-order valence-electron chi connectivity index (χ3n) is 2.15. The van der Waals surface area contributed by atoms with Gasteiger partial charge in [0.05, 0.1) is 0 Å². The Balaban J connectivity index is 1.86. The molecule has 2 nitrogen and oxygen atoms in total. The molecule has 2 aromatic rings. The van der Waals surface area contributed by atoms with Crippen LogP contribution < -0.4 is 4.74 Å². The lowest BCUT2D eigenvalue weighted by Gasteiger charge is -2.01. The average Bonchev–Trinajstić information content (AvgIpc) is 2.36. The van der Waals surface area contributed by atoms with E-state index < -0.39 is 5.95 Å². The largest absolute Gasteiger partial charge is 0.489 e. The van der Waals surface area contributed by atoms with Crippen LogP contribution in [0.4, 0.5) is 4.39 Å². The number of ether oxygens (including phenoxy) is 1. The highest BCUT2D eigenvalue weighted by molar-refractivity contribution is 5.48. The van der Waals surface area contributed by atoms with Crippen molar-refractivity contribution >= 4 is 6.08 Å². The van der Waals surface area contributed by atoms with E-state index in [1.807, 2.05) is 42.5 Å². The third kappa shape index (κ3) is 3.72. The van der Waals surface area contributed by atoms with Gasteiger partial charge in [-0.25, -0.2) is 4.98 Å². The van der Waals surface area contributed by atoms with Crippen LogP contribution in [0.1, 0.15) is 5.56 Å². The molecule has 0 atom stereocenters. The zero-order valence-electron chi connectivity index (χ0n) is 9.21. The number of hydrogen-bond donors (Lipinski definition) is 0. The molecule has 17 heavy (non-hydrogen) atoms. The van der Waals surface area contributed by atoms with Gasteiger partial charge < -0.3 is 4.74 Å². The first-order valence-corrected chi connectivity index (χ1v) is 5.30. The first-order valence-electron chi connectivity index (χ1n) is 5.30. The lowest BCUT2D eigenvalue weighted by Crippen LogP contribution is -1.94. The van der Waals surface area contributed by atoms with Crippen LogP contribution in [0.15, 0.2) is 54.7 Å². The monoisotopic (exact) mass is 229 g/mol. The van der Waals surface area contributed by atoms with Crippen LogP contribution in [-0.2, 0) is 0 Å². The Bertz CT molecular complexity index is 497. The Morgan fingerprint density at radius 3 is 2.76 bits per heavy atom. The number of halogens is 1. The van der Waals surface area contributed by atoms with Gasteiger partial charge in [-0.3, -0.25) is 0 Å². The van der Waals surface area contributed by atoms with Gasteiger partial charge in [0, 0.05) is 12.3 Å². The van der Waals surface area contributed by atoms with Gasteiger partial charge >= 0.3 is 0 Å². The van der Waals surface area contributed by atoms with Crippen molar-refractivity contribution in [2.75, 3.05) is 6.61 Å². The maximum Gasteiger partial charge on any atom is 0.216 e. The maximum atomic E-state index is 12.7. The van der Waals surface area contributed by atoms with Crippen molar-refractivity contribution in [3.05, 3.63) is 66.2 Å². The van der Waals surface area contributed by atoms with Crippen molar-refractivity contribution in [2.24, 2.45) is 0 Å². The van der Waals surface area contributed by atoms with Crippen LogP contribution in [0.3, 0.4) is 0 Å². The highest BCUT2D eigenvalue weighted by atomic mass is 19.1. The summed E-state index contributed by atoms with van der Waals surface area (Å²) in [7, 11) is 0. The molecule has 0 aliphatic heterocycles. The topological polar surface area (TPSA) is 22.1 Å².